The van der Waals surface area contributed by atoms with E-state index in [4.69, 9.17) is 10.5 Å². The molecule has 4 nitrogen and oxygen atoms in total. The summed E-state index contributed by atoms with van der Waals surface area (Å²) in [5, 5.41) is 3.44. The number of hydrogen-bond acceptors (Lipinski definition) is 4. The Morgan fingerprint density at radius 1 is 1.56 bits per heavy atom. The molecule has 1 unspecified atom stereocenters. The summed E-state index contributed by atoms with van der Waals surface area (Å²) in [5.74, 6) is 0.562. The van der Waals surface area contributed by atoms with Crippen LogP contribution in [0.5, 0.6) is 0 Å². The predicted molar refractivity (Wildman–Crippen MR) is 65.3 cm³/mol. The van der Waals surface area contributed by atoms with Crippen LogP contribution >= 0.6 is 0 Å². The number of nitrogens with two attached hydrogens (primary N) is 1. The van der Waals surface area contributed by atoms with Crippen LogP contribution in [0.15, 0.2) is 18.3 Å². The van der Waals surface area contributed by atoms with Gasteiger partial charge in [0.1, 0.15) is 5.82 Å². The van der Waals surface area contributed by atoms with E-state index in [1.807, 2.05) is 12.1 Å². The van der Waals surface area contributed by atoms with E-state index >= 15 is 0 Å². The maximum atomic E-state index is 5.80. The second kappa shape index (κ2) is 4.29. The van der Waals surface area contributed by atoms with Gasteiger partial charge in [-0.25, -0.2) is 4.98 Å². The zero-order valence-corrected chi connectivity index (χ0v) is 9.86. The molecule has 1 aromatic heterocycles. The third-order valence-corrected chi connectivity index (χ3v) is 2.90. The first-order valence-corrected chi connectivity index (χ1v) is 5.68. The molecule has 3 N–H and O–H groups in total. The summed E-state index contributed by atoms with van der Waals surface area (Å²) in [6.45, 7) is 5.03. The number of aromatic nitrogens is 1. The molecule has 1 aliphatic rings. The van der Waals surface area contributed by atoms with Crippen LogP contribution in [0.3, 0.4) is 0 Å². The third-order valence-electron chi connectivity index (χ3n) is 2.90. The van der Waals surface area contributed by atoms with Gasteiger partial charge in [0.25, 0.3) is 0 Å². The fraction of sp³-hybridized carbons (Fsp3) is 0.583. The Bertz CT molecular complexity index is 365. The summed E-state index contributed by atoms with van der Waals surface area (Å²) in [4.78, 5) is 4.06. The normalized spacial score (nSPS) is 24.0. The minimum atomic E-state index is -0.0487. The first-order valence-electron chi connectivity index (χ1n) is 5.68. The molecule has 0 radical (unpaired) electrons. The van der Waals surface area contributed by atoms with Gasteiger partial charge >= 0.3 is 0 Å². The SMILES string of the molecule is CC1(C)CC(Nc2cccnc2N)CCO1. The van der Waals surface area contributed by atoms with Crippen molar-refractivity contribution in [3.63, 3.8) is 0 Å². The van der Waals surface area contributed by atoms with Crippen LogP contribution in [0, 0.1) is 0 Å². The van der Waals surface area contributed by atoms with Crippen LogP contribution in [0.2, 0.25) is 0 Å². The Morgan fingerprint density at radius 3 is 3.06 bits per heavy atom. The molecule has 0 aliphatic carbocycles. The van der Waals surface area contributed by atoms with Gasteiger partial charge in [0.2, 0.25) is 0 Å². The molecule has 0 aromatic carbocycles. The molecule has 4 heteroatoms. The lowest BCUT2D eigenvalue weighted by atomic mass is 9.94. The summed E-state index contributed by atoms with van der Waals surface area (Å²) in [7, 11) is 0. The summed E-state index contributed by atoms with van der Waals surface area (Å²) >= 11 is 0. The molecule has 1 saturated heterocycles. The van der Waals surface area contributed by atoms with E-state index in [0.29, 0.717) is 11.9 Å². The molecular weight excluding hydrogens is 202 g/mol. The summed E-state index contributed by atoms with van der Waals surface area (Å²) in [6.07, 6.45) is 3.70. The first-order chi connectivity index (χ1) is 7.57. The quantitative estimate of drug-likeness (QED) is 0.802. The van der Waals surface area contributed by atoms with Gasteiger partial charge in [0.15, 0.2) is 0 Å². The molecule has 0 amide bonds. The van der Waals surface area contributed by atoms with Crippen molar-refractivity contribution in [1.29, 1.82) is 0 Å². The molecule has 2 rings (SSSR count). The number of nitrogen functional groups attached to an aromatic ring is 1. The number of rotatable bonds is 2. The van der Waals surface area contributed by atoms with Crippen molar-refractivity contribution < 1.29 is 4.74 Å². The van der Waals surface area contributed by atoms with E-state index < -0.39 is 0 Å². The van der Waals surface area contributed by atoms with Crippen molar-refractivity contribution in [3.05, 3.63) is 18.3 Å². The zero-order chi connectivity index (χ0) is 11.6. The van der Waals surface area contributed by atoms with Gasteiger partial charge in [-0.15, -0.1) is 0 Å². The number of pyridine rings is 1. The van der Waals surface area contributed by atoms with Crippen molar-refractivity contribution in [2.24, 2.45) is 0 Å². The monoisotopic (exact) mass is 221 g/mol. The molecule has 1 aliphatic heterocycles. The van der Waals surface area contributed by atoms with Crippen LogP contribution in [0.25, 0.3) is 0 Å². The Kier molecular flexibility index (Phi) is 3.01. The summed E-state index contributed by atoms with van der Waals surface area (Å²) in [5.41, 5.74) is 6.67. The molecule has 1 fully saturated rings. The molecule has 16 heavy (non-hydrogen) atoms. The highest BCUT2D eigenvalue weighted by Gasteiger charge is 2.28. The molecule has 1 aromatic rings. The highest BCUT2D eigenvalue weighted by molar-refractivity contribution is 5.61. The number of nitrogens with one attached hydrogen (secondary N) is 1. The average Bonchev–Trinajstić information content (AvgIpc) is 2.20. The average molecular weight is 221 g/mol. The lowest BCUT2D eigenvalue weighted by molar-refractivity contribution is -0.0553. The Balaban J connectivity index is 2.02. The largest absolute Gasteiger partial charge is 0.382 e. The lowest BCUT2D eigenvalue weighted by Crippen LogP contribution is -2.40. The molecular formula is C12H19N3O. The number of anilines is 2. The van der Waals surface area contributed by atoms with Crippen molar-refractivity contribution in [3.8, 4) is 0 Å². The van der Waals surface area contributed by atoms with Crippen LogP contribution in [-0.2, 0) is 4.74 Å². The van der Waals surface area contributed by atoms with Crippen LogP contribution in [-0.4, -0.2) is 23.2 Å². The van der Waals surface area contributed by atoms with Gasteiger partial charge in [0, 0.05) is 18.8 Å². The lowest BCUT2D eigenvalue weighted by Gasteiger charge is -2.36. The van der Waals surface area contributed by atoms with Crippen molar-refractivity contribution in [2.75, 3.05) is 17.7 Å². The van der Waals surface area contributed by atoms with Crippen LogP contribution in [0.1, 0.15) is 26.7 Å². The highest BCUT2D eigenvalue weighted by Crippen LogP contribution is 2.27. The maximum absolute atomic E-state index is 5.80. The first kappa shape index (κ1) is 11.2. The van der Waals surface area contributed by atoms with Gasteiger partial charge in [-0.1, -0.05) is 0 Å². The zero-order valence-electron chi connectivity index (χ0n) is 9.86. The second-order valence-corrected chi connectivity index (χ2v) is 4.88. The van der Waals surface area contributed by atoms with E-state index in [0.717, 1.165) is 25.1 Å². The standard InChI is InChI=1S/C12H19N3O/c1-12(2)8-9(5-7-16-12)15-10-4-3-6-14-11(10)13/h3-4,6,9,15H,5,7-8H2,1-2H3,(H2,13,14). The minimum Gasteiger partial charge on any atom is -0.382 e. The summed E-state index contributed by atoms with van der Waals surface area (Å²) in [6, 6.07) is 4.27. The Morgan fingerprint density at radius 2 is 2.38 bits per heavy atom. The summed E-state index contributed by atoms with van der Waals surface area (Å²) < 4.78 is 5.68. The van der Waals surface area contributed by atoms with Gasteiger partial charge in [-0.05, 0) is 38.8 Å². The molecule has 0 saturated carbocycles. The van der Waals surface area contributed by atoms with E-state index in [1.54, 1.807) is 6.20 Å². The molecule has 2 heterocycles. The van der Waals surface area contributed by atoms with Crippen molar-refractivity contribution >= 4 is 11.5 Å². The minimum absolute atomic E-state index is 0.0487. The number of ether oxygens (including phenoxy) is 1. The number of nitrogens with zero attached hydrogens (tertiary/aromatic N) is 1. The topological polar surface area (TPSA) is 60.2 Å². The second-order valence-electron chi connectivity index (χ2n) is 4.88. The molecule has 1 atom stereocenters. The van der Waals surface area contributed by atoms with E-state index in [1.165, 1.54) is 0 Å². The molecule has 0 spiro atoms. The van der Waals surface area contributed by atoms with Crippen molar-refractivity contribution in [1.82, 2.24) is 4.98 Å². The predicted octanol–water partition coefficient (Wildman–Crippen LogP) is 2.03. The fourth-order valence-corrected chi connectivity index (χ4v) is 2.11. The van der Waals surface area contributed by atoms with Crippen molar-refractivity contribution in [2.45, 2.75) is 38.3 Å². The molecule has 0 bridgehead atoms. The Labute approximate surface area is 96.2 Å². The smallest absolute Gasteiger partial charge is 0.146 e. The van der Waals surface area contributed by atoms with Gasteiger partial charge in [-0.3, -0.25) is 0 Å². The van der Waals surface area contributed by atoms with E-state index in [-0.39, 0.29) is 5.60 Å². The molecule has 88 valence electrons. The van der Waals surface area contributed by atoms with E-state index in [2.05, 4.69) is 24.1 Å². The maximum Gasteiger partial charge on any atom is 0.146 e. The van der Waals surface area contributed by atoms with Gasteiger partial charge < -0.3 is 15.8 Å². The Hall–Kier alpha value is -1.29. The number of hydrogen-bond donors (Lipinski definition) is 2. The van der Waals surface area contributed by atoms with Gasteiger partial charge in [0.05, 0.1) is 11.3 Å². The third kappa shape index (κ3) is 2.64. The fourth-order valence-electron chi connectivity index (χ4n) is 2.11. The van der Waals surface area contributed by atoms with Crippen LogP contribution < -0.4 is 11.1 Å². The van der Waals surface area contributed by atoms with Gasteiger partial charge in [-0.2, -0.15) is 0 Å². The van der Waals surface area contributed by atoms with Crippen LogP contribution in [0.4, 0.5) is 11.5 Å². The van der Waals surface area contributed by atoms with E-state index in [9.17, 15) is 0 Å². The highest BCUT2D eigenvalue weighted by atomic mass is 16.5.